The molecule has 0 spiro atoms. The SMILES string of the molecule is Nc1c(F)cccc1-c1nc(C2CSCCO2)no1. The van der Waals surface area contributed by atoms with E-state index < -0.39 is 5.82 Å². The highest BCUT2D eigenvalue weighted by atomic mass is 32.2. The molecule has 2 heterocycles. The molecule has 1 aliphatic heterocycles. The molecule has 1 saturated heterocycles. The van der Waals surface area contributed by atoms with Gasteiger partial charge in [-0.25, -0.2) is 4.39 Å². The Hall–Kier alpha value is -1.60. The zero-order valence-corrected chi connectivity index (χ0v) is 10.8. The number of para-hydroxylation sites is 1. The first-order valence-electron chi connectivity index (χ1n) is 5.83. The first-order valence-corrected chi connectivity index (χ1v) is 6.98. The predicted molar refractivity (Wildman–Crippen MR) is 70.1 cm³/mol. The van der Waals surface area contributed by atoms with Crippen molar-refractivity contribution in [3.8, 4) is 11.5 Å². The zero-order valence-electron chi connectivity index (χ0n) is 10.0. The number of hydrogen-bond donors (Lipinski definition) is 1. The predicted octanol–water partition coefficient (Wildman–Crippen LogP) is 2.26. The summed E-state index contributed by atoms with van der Waals surface area (Å²) in [4.78, 5) is 4.24. The van der Waals surface area contributed by atoms with Crippen LogP contribution in [0.2, 0.25) is 0 Å². The van der Waals surface area contributed by atoms with E-state index in [-0.39, 0.29) is 17.7 Å². The minimum absolute atomic E-state index is 0.0108. The number of halogens is 1. The molecule has 1 fully saturated rings. The van der Waals surface area contributed by atoms with Crippen LogP contribution in [0, 0.1) is 5.82 Å². The van der Waals surface area contributed by atoms with Crippen LogP contribution in [0.3, 0.4) is 0 Å². The van der Waals surface area contributed by atoms with Gasteiger partial charge in [-0.3, -0.25) is 0 Å². The summed E-state index contributed by atoms with van der Waals surface area (Å²) in [5, 5.41) is 3.88. The average molecular weight is 281 g/mol. The first kappa shape index (κ1) is 12.4. The van der Waals surface area contributed by atoms with Crippen LogP contribution in [-0.4, -0.2) is 28.3 Å². The summed E-state index contributed by atoms with van der Waals surface area (Å²) in [5.74, 6) is 1.95. The molecule has 1 aromatic carbocycles. The van der Waals surface area contributed by atoms with Crippen molar-refractivity contribution in [2.75, 3.05) is 23.8 Å². The summed E-state index contributed by atoms with van der Waals surface area (Å²) >= 11 is 1.78. The van der Waals surface area contributed by atoms with Crippen molar-refractivity contribution < 1.29 is 13.7 Å². The summed E-state index contributed by atoms with van der Waals surface area (Å²) < 4.78 is 24.1. The van der Waals surface area contributed by atoms with Gasteiger partial charge >= 0.3 is 0 Å². The number of thioether (sulfide) groups is 1. The van der Waals surface area contributed by atoms with Crippen molar-refractivity contribution in [2.45, 2.75) is 6.10 Å². The van der Waals surface area contributed by atoms with Crippen molar-refractivity contribution in [1.29, 1.82) is 0 Å². The largest absolute Gasteiger partial charge is 0.396 e. The van der Waals surface area contributed by atoms with Crippen molar-refractivity contribution >= 4 is 17.4 Å². The molecule has 100 valence electrons. The van der Waals surface area contributed by atoms with E-state index in [1.807, 2.05) is 0 Å². The fourth-order valence-electron chi connectivity index (χ4n) is 1.84. The van der Waals surface area contributed by atoms with E-state index in [1.165, 1.54) is 6.07 Å². The van der Waals surface area contributed by atoms with Crippen LogP contribution in [0.5, 0.6) is 0 Å². The number of nitrogens with zero attached hydrogens (tertiary/aromatic N) is 2. The van der Waals surface area contributed by atoms with Crippen LogP contribution in [0.25, 0.3) is 11.5 Å². The van der Waals surface area contributed by atoms with Gasteiger partial charge in [0, 0.05) is 11.5 Å². The minimum Gasteiger partial charge on any atom is -0.396 e. The van der Waals surface area contributed by atoms with Crippen LogP contribution < -0.4 is 5.73 Å². The Morgan fingerprint density at radius 2 is 2.32 bits per heavy atom. The standard InChI is InChI=1S/C12H12FN3O2S/c13-8-3-1-2-7(10(8)14)12-15-11(16-18-12)9-6-19-5-4-17-9/h1-3,9H,4-6,14H2. The summed E-state index contributed by atoms with van der Waals surface area (Å²) in [6.07, 6.45) is -0.175. The molecule has 0 saturated carbocycles. The van der Waals surface area contributed by atoms with E-state index in [0.717, 1.165) is 11.5 Å². The van der Waals surface area contributed by atoms with Crippen molar-refractivity contribution in [2.24, 2.45) is 0 Å². The van der Waals surface area contributed by atoms with Gasteiger partial charge in [0.2, 0.25) is 5.82 Å². The van der Waals surface area contributed by atoms with E-state index >= 15 is 0 Å². The molecule has 7 heteroatoms. The van der Waals surface area contributed by atoms with Crippen molar-refractivity contribution in [3.05, 3.63) is 29.8 Å². The van der Waals surface area contributed by atoms with Gasteiger partial charge in [0.1, 0.15) is 11.9 Å². The second kappa shape index (κ2) is 5.18. The summed E-state index contributed by atoms with van der Waals surface area (Å²) in [6.45, 7) is 0.668. The molecule has 5 nitrogen and oxygen atoms in total. The maximum absolute atomic E-state index is 13.4. The van der Waals surface area contributed by atoms with E-state index in [9.17, 15) is 4.39 Å². The highest BCUT2D eigenvalue weighted by Crippen LogP contribution is 2.29. The first-order chi connectivity index (χ1) is 9.25. The molecule has 1 unspecified atom stereocenters. The number of nitrogens with two attached hydrogens (primary N) is 1. The molecule has 0 bridgehead atoms. The highest BCUT2D eigenvalue weighted by Gasteiger charge is 2.23. The second-order valence-electron chi connectivity index (χ2n) is 4.09. The van der Waals surface area contributed by atoms with Gasteiger partial charge in [-0.2, -0.15) is 16.7 Å². The topological polar surface area (TPSA) is 74.2 Å². The normalized spacial score (nSPS) is 19.5. The molecular weight excluding hydrogens is 269 g/mol. The fourth-order valence-corrected chi connectivity index (χ4v) is 2.68. The maximum atomic E-state index is 13.4. The molecule has 0 radical (unpaired) electrons. The van der Waals surface area contributed by atoms with Crippen molar-refractivity contribution in [3.63, 3.8) is 0 Å². The van der Waals surface area contributed by atoms with Crippen LogP contribution in [0.4, 0.5) is 10.1 Å². The third kappa shape index (κ3) is 2.43. The average Bonchev–Trinajstić information content (AvgIpc) is 2.92. The number of rotatable bonds is 2. The Labute approximate surface area is 113 Å². The summed E-state index contributed by atoms with van der Waals surface area (Å²) in [5.41, 5.74) is 6.08. The number of nitrogen functional groups attached to an aromatic ring is 1. The zero-order chi connectivity index (χ0) is 13.2. The maximum Gasteiger partial charge on any atom is 0.260 e. The molecule has 0 amide bonds. The second-order valence-corrected chi connectivity index (χ2v) is 5.24. The molecule has 19 heavy (non-hydrogen) atoms. The molecular formula is C12H12FN3O2S. The minimum atomic E-state index is -0.498. The van der Waals surface area contributed by atoms with Crippen LogP contribution >= 0.6 is 11.8 Å². The molecule has 1 aliphatic rings. The lowest BCUT2D eigenvalue weighted by Gasteiger charge is -2.18. The third-order valence-electron chi connectivity index (χ3n) is 2.83. The molecule has 3 rings (SSSR count). The van der Waals surface area contributed by atoms with Gasteiger partial charge in [0.15, 0.2) is 0 Å². The Morgan fingerprint density at radius 1 is 1.42 bits per heavy atom. The summed E-state index contributed by atoms with van der Waals surface area (Å²) in [6, 6.07) is 4.49. The van der Waals surface area contributed by atoms with Gasteiger partial charge in [-0.1, -0.05) is 11.2 Å². The van der Waals surface area contributed by atoms with E-state index in [0.29, 0.717) is 18.0 Å². The summed E-state index contributed by atoms with van der Waals surface area (Å²) in [7, 11) is 0. The Morgan fingerprint density at radius 3 is 3.11 bits per heavy atom. The number of hydrogen-bond acceptors (Lipinski definition) is 6. The monoisotopic (exact) mass is 281 g/mol. The van der Waals surface area contributed by atoms with Gasteiger partial charge in [-0.05, 0) is 12.1 Å². The fraction of sp³-hybridized carbons (Fsp3) is 0.333. The Kier molecular flexibility index (Phi) is 3.39. The Bertz CT molecular complexity index is 584. The lowest BCUT2D eigenvalue weighted by atomic mass is 10.2. The van der Waals surface area contributed by atoms with Gasteiger partial charge < -0.3 is 15.0 Å². The smallest absolute Gasteiger partial charge is 0.260 e. The molecule has 0 aliphatic carbocycles. The number of benzene rings is 1. The lowest BCUT2D eigenvalue weighted by molar-refractivity contribution is 0.0677. The Balaban J connectivity index is 1.90. The van der Waals surface area contributed by atoms with Crippen LogP contribution in [-0.2, 0) is 4.74 Å². The van der Waals surface area contributed by atoms with Crippen molar-refractivity contribution in [1.82, 2.24) is 10.1 Å². The highest BCUT2D eigenvalue weighted by molar-refractivity contribution is 7.99. The van der Waals surface area contributed by atoms with Gasteiger partial charge in [0.05, 0.1) is 17.9 Å². The van der Waals surface area contributed by atoms with Crippen LogP contribution in [0.1, 0.15) is 11.9 Å². The quantitative estimate of drug-likeness (QED) is 0.851. The molecule has 2 N–H and O–H groups in total. The molecule has 1 atom stereocenters. The van der Waals surface area contributed by atoms with Gasteiger partial charge in [-0.15, -0.1) is 0 Å². The van der Waals surface area contributed by atoms with Crippen LogP contribution in [0.15, 0.2) is 22.7 Å². The lowest BCUT2D eigenvalue weighted by Crippen LogP contribution is -2.16. The number of ether oxygens (including phenoxy) is 1. The number of anilines is 1. The van der Waals surface area contributed by atoms with E-state index in [1.54, 1.807) is 23.9 Å². The van der Waals surface area contributed by atoms with E-state index in [2.05, 4.69) is 10.1 Å². The molecule has 1 aromatic heterocycles. The van der Waals surface area contributed by atoms with E-state index in [4.69, 9.17) is 15.0 Å². The molecule has 2 aromatic rings. The van der Waals surface area contributed by atoms with Gasteiger partial charge in [0.25, 0.3) is 5.89 Å². The number of aromatic nitrogens is 2. The third-order valence-corrected chi connectivity index (χ3v) is 3.82.